The highest BCUT2D eigenvalue weighted by Crippen LogP contribution is 2.32. The summed E-state index contributed by atoms with van der Waals surface area (Å²) in [6, 6.07) is 9.17. The topological polar surface area (TPSA) is 66.0 Å². The molecule has 2 N–H and O–H groups in total. The predicted octanol–water partition coefficient (Wildman–Crippen LogP) is 3.69. The second kappa shape index (κ2) is 4.51. The van der Waals surface area contributed by atoms with Crippen molar-refractivity contribution >= 4 is 32.8 Å². The Kier molecular flexibility index (Phi) is 2.83. The Morgan fingerprint density at radius 2 is 2.11 bits per heavy atom. The number of pyridine rings is 1. The molecule has 3 rings (SSSR count). The highest BCUT2D eigenvalue weighted by atomic mass is 79.9. The summed E-state index contributed by atoms with van der Waals surface area (Å²) in [7, 11) is 0. The van der Waals surface area contributed by atoms with Crippen molar-refractivity contribution in [2.75, 3.05) is 0 Å². The third-order valence-electron chi connectivity index (χ3n) is 2.94. The lowest BCUT2D eigenvalue weighted by Crippen LogP contribution is -1.96. The molecule has 2 aromatic heterocycles. The quantitative estimate of drug-likeness (QED) is 0.757. The van der Waals surface area contributed by atoms with Gasteiger partial charge in [-0.05, 0) is 24.3 Å². The number of carboxylic acid groups (broad SMARTS) is 1. The lowest BCUT2D eigenvalue weighted by atomic mass is 10.1. The largest absolute Gasteiger partial charge is 0.478 e. The predicted molar refractivity (Wildman–Crippen MR) is 76.2 cm³/mol. The van der Waals surface area contributed by atoms with Crippen LogP contribution in [0.25, 0.3) is 22.2 Å². The minimum absolute atomic E-state index is 0.183. The van der Waals surface area contributed by atoms with Crippen molar-refractivity contribution in [1.82, 2.24) is 9.97 Å². The number of nitrogens with one attached hydrogen (secondary N) is 1. The standard InChI is InChI=1S/C14H9BrN2O2/c15-10-2-1-3-12-13(10)9(7-17-12)11-5-4-8(6-16-11)14(18)19/h1-7,17H,(H,18,19). The van der Waals surface area contributed by atoms with E-state index in [-0.39, 0.29) is 5.56 Å². The molecule has 5 heteroatoms. The number of rotatable bonds is 2. The van der Waals surface area contributed by atoms with Gasteiger partial charge in [0, 0.05) is 33.3 Å². The number of nitrogens with zero attached hydrogens (tertiary/aromatic N) is 1. The normalized spacial score (nSPS) is 10.8. The fraction of sp³-hybridized carbons (Fsp3) is 0. The van der Waals surface area contributed by atoms with Crippen molar-refractivity contribution in [3.8, 4) is 11.3 Å². The zero-order chi connectivity index (χ0) is 13.4. The van der Waals surface area contributed by atoms with Crippen LogP contribution in [0.2, 0.25) is 0 Å². The lowest BCUT2D eigenvalue weighted by Gasteiger charge is -2.01. The van der Waals surface area contributed by atoms with Crippen molar-refractivity contribution in [3.05, 3.63) is 52.8 Å². The molecule has 0 saturated heterocycles. The van der Waals surface area contributed by atoms with Gasteiger partial charge in [-0.25, -0.2) is 4.79 Å². The van der Waals surface area contributed by atoms with Gasteiger partial charge in [0.15, 0.2) is 0 Å². The second-order valence-corrected chi connectivity index (χ2v) is 4.96. The Hall–Kier alpha value is -2.14. The molecule has 0 aliphatic carbocycles. The fourth-order valence-corrected chi connectivity index (χ4v) is 2.60. The number of aromatic amines is 1. The molecule has 2 heterocycles. The molecule has 1 aromatic carbocycles. The maximum Gasteiger partial charge on any atom is 0.337 e. The molecule has 0 bridgehead atoms. The zero-order valence-electron chi connectivity index (χ0n) is 9.72. The summed E-state index contributed by atoms with van der Waals surface area (Å²) in [5, 5.41) is 9.91. The number of H-pyrrole nitrogens is 1. The van der Waals surface area contributed by atoms with Gasteiger partial charge in [0.1, 0.15) is 0 Å². The van der Waals surface area contributed by atoms with E-state index in [1.54, 1.807) is 12.1 Å². The molecule has 0 atom stereocenters. The molecule has 3 aromatic rings. The molecule has 94 valence electrons. The lowest BCUT2D eigenvalue weighted by molar-refractivity contribution is 0.0696. The second-order valence-electron chi connectivity index (χ2n) is 4.10. The Labute approximate surface area is 117 Å². The molecule has 19 heavy (non-hydrogen) atoms. The summed E-state index contributed by atoms with van der Waals surface area (Å²) < 4.78 is 0.977. The summed E-state index contributed by atoms with van der Waals surface area (Å²) in [6.45, 7) is 0. The number of aromatic nitrogens is 2. The number of fused-ring (bicyclic) bond motifs is 1. The minimum atomic E-state index is -0.973. The Morgan fingerprint density at radius 3 is 2.79 bits per heavy atom. The van der Waals surface area contributed by atoms with E-state index in [9.17, 15) is 4.79 Å². The minimum Gasteiger partial charge on any atom is -0.478 e. The van der Waals surface area contributed by atoms with Crippen LogP contribution in [0.3, 0.4) is 0 Å². The van der Waals surface area contributed by atoms with E-state index in [0.717, 1.165) is 26.6 Å². The Balaban J connectivity index is 2.16. The number of hydrogen-bond donors (Lipinski definition) is 2. The molecule has 4 nitrogen and oxygen atoms in total. The number of hydrogen-bond acceptors (Lipinski definition) is 2. The van der Waals surface area contributed by atoms with E-state index in [2.05, 4.69) is 25.9 Å². The van der Waals surface area contributed by atoms with Gasteiger partial charge >= 0.3 is 5.97 Å². The van der Waals surface area contributed by atoms with Crippen LogP contribution in [0.1, 0.15) is 10.4 Å². The van der Waals surface area contributed by atoms with Crippen molar-refractivity contribution in [3.63, 3.8) is 0 Å². The molecule has 0 radical (unpaired) electrons. The number of carbonyl (C=O) groups is 1. The Bertz CT molecular complexity index is 763. The Morgan fingerprint density at radius 1 is 1.26 bits per heavy atom. The summed E-state index contributed by atoms with van der Waals surface area (Å²) >= 11 is 3.52. The molecule has 0 aliphatic heterocycles. The summed E-state index contributed by atoms with van der Waals surface area (Å²) in [5.74, 6) is -0.973. The third-order valence-corrected chi connectivity index (χ3v) is 3.60. The summed E-state index contributed by atoms with van der Waals surface area (Å²) in [6.07, 6.45) is 3.24. The van der Waals surface area contributed by atoms with Crippen LogP contribution in [-0.2, 0) is 0 Å². The number of benzene rings is 1. The van der Waals surface area contributed by atoms with Gasteiger partial charge in [-0.3, -0.25) is 4.98 Å². The highest BCUT2D eigenvalue weighted by Gasteiger charge is 2.11. The third kappa shape index (κ3) is 2.02. The smallest absolute Gasteiger partial charge is 0.337 e. The highest BCUT2D eigenvalue weighted by molar-refractivity contribution is 9.10. The van der Waals surface area contributed by atoms with Crippen LogP contribution in [0.15, 0.2) is 47.2 Å². The van der Waals surface area contributed by atoms with E-state index < -0.39 is 5.97 Å². The van der Waals surface area contributed by atoms with Crippen molar-refractivity contribution < 1.29 is 9.90 Å². The molecule has 0 amide bonds. The first-order valence-corrected chi connectivity index (χ1v) is 6.41. The fourth-order valence-electron chi connectivity index (χ4n) is 2.02. The number of carboxylic acids is 1. The maximum atomic E-state index is 10.8. The average molecular weight is 317 g/mol. The molecular weight excluding hydrogens is 308 g/mol. The summed E-state index contributed by atoms with van der Waals surface area (Å²) in [4.78, 5) is 18.2. The van der Waals surface area contributed by atoms with Gasteiger partial charge in [-0.1, -0.05) is 22.0 Å². The first-order chi connectivity index (χ1) is 9.16. The molecule has 0 unspecified atom stereocenters. The number of aromatic carboxylic acids is 1. The van der Waals surface area contributed by atoms with Crippen molar-refractivity contribution in [1.29, 1.82) is 0 Å². The van der Waals surface area contributed by atoms with Gasteiger partial charge < -0.3 is 10.1 Å². The van der Waals surface area contributed by atoms with Gasteiger partial charge in [-0.15, -0.1) is 0 Å². The van der Waals surface area contributed by atoms with Crippen LogP contribution in [0, 0.1) is 0 Å². The van der Waals surface area contributed by atoms with Gasteiger partial charge in [0.05, 0.1) is 11.3 Å². The molecule has 0 aliphatic rings. The van der Waals surface area contributed by atoms with E-state index in [1.165, 1.54) is 6.20 Å². The van der Waals surface area contributed by atoms with Crippen LogP contribution < -0.4 is 0 Å². The van der Waals surface area contributed by atoms with Crippen LogP contribution in [-0.4, -0.2) is 21.0 Å². The van der Waals surface area contributed by atoms with Gasteiger partial charge in [0.2, 0.25) is 0 Å². The molecule has 0 saturated carbocycles. The first-order valence-electron chi connectivity index (χ1n) is 5.62. The SMILES string of the molecule is O=C(O)c1ccc(-c2c[nH]c3cccc(Br)c23)nc1. The molecule has 0 spiro atoms. The number of halogens is 1. The van der Waals surface area contributed by atoms with E-state index in [1.807, 2.05) is 24.4 Å². The van der Waals surface area contributed by atoms with Crippen LogP contribution in [0.4, 0.5) is 0 Å². The molecular formula is C14H9BrN2O2. The van der Waals surface area contributed by atoms with E-state index in [4.69, 9.17) is 5.11 Å². The zero-order valence-corrected chi connectivity index (χ0v) is 11.3. The van der Waals surface area contributed by atoms with Crippen molar-refractivity contribution in [2.45, 2.75) is 0 Å². The van der Waals surface area contributed by atoms with Crippen molar-refractivity contribution in [2.24, 2.45) is 0 Å². The summed E-state index contributed by atoms with van der Waals surface area (Å²) in [5.41, 5.74) is 2.87. The molecule has 0 fully saturated rings. The van der Waals surface area contributed by atoms with E-state index >= 15 is 0 Å². The van der Waals surface area contributed by atoms with E-state index in [0.29, 0.717) is 0 Å². The monoisotopic (exact) mass is 316 g/mol. The van der Waals surface area contributed by atoms with Gasteiger partial charge in [0.25, 0.3) is 0 Å². The average Bonchev–Trinajstić information content (AvgIpc) is 2.84. The van der Waals surface area contributed by atoms with Gasteiger partial charge in [-0.2, -0.15) is 0 Å². The van der Waals surface area contributed by atoms with Crippen LogP contribution >= 0.6 is 15.9 Å². The van der Waals surface area contributed by atoms with Crippen LogP contribution in [0.5, 0.6) is 0 Å². The first kappa shape index (κ1) is 11.9. The maximum absolute atomic E-state index is 10.8.